The molecule has 0 saturated carbocycles. The first-order valence-corrected chi connectivity index (χ1v) is 12.4. The van der Waals surface area contributed by atoms with Crippen molar-refractivity contribution in [2.75, 3.05) is 11.7 Å². The molecule has 12 heteroatoms. The lowest BCUT2D eigenvalue weighted by atomic mass is 9.94. The lowest BCUT2D eigenvalue weighted by Crippen LogP contribution is -2.60. The van der Waals surface area contributed by atoms with Gasteiger partial charge in [-0.05, 0) is 30.2 Å². The number of nitrogens with zero attached hydrogens (tertiary/aromatic N) is 4. The van der Waals surface area contributed by atoms with Gasteiger partial charge in [-0.1, -0.05) is 41.9 Å². The monoisotopic (exact) mass is 546 g/mol. The van der Waals surface area contributed by atoms with E-state index < -0.39 is 53.3 Å². The quantitative estimate of drug-likeness (QED) is 0.498. The van der Waals surface area contributed by atoms with Crippen molar-refractivity contribution in [3.05, 3.63) is 91.9 Å². The fourth-order valence-corrected chi connectivity index (χ4v) is 6.03. The minimum absolute atomic E-state index is 0.361. The van der Waals surface area contributed by atoms with Crippen LogP contribution in [0.25, 0.3) is 0 Å². The number of thioether (sulfide) groups is 1. The van der Waals surface area contributed by atoms with E-state index in [4.69, 9.17) is 11.6 Å². The number of aromatic nitrogens is 1. The minimum atomic E-state index is -4.78. The van der Waals surface area contributed by atoms with Gasteiger partial charge in [-0.2, -0.15) is 18.4 Å². The molecule has 0 fully saturated rings. The molecule has 0 saturated heterocycles. The van der Waals surface area contributed by atoms with Crippen LogP contribution in [0.3, 0.4) is 0 Å². The molecule has 0 spiro atoms. The first-order chi connectivity index (χ1) is 17.5. The molecular weight excluding hydrogens is 529 g/mol. The van der Waals surface area contributed by atoms with E-state index in [1.54, 1.807) is 24.3 Å². The van der Waals surface area contributed by atoms with Crippen molar-refractivity contribution in [2.24, 2.45) is 0 Å². The first-order valence-electron chi connectivity index (χ1n) is 11.1. The number of benzene rings is 2. The van der Waals surface area contributed by atoms with E-state index in [1.807, 2.05) is 24.3 Å². The van der Waals surface area contributed by atoms with Crippen molar-refractivity contribution in [1.82, 2.24) is 9.58 Å². The summed E-state index contributed by atoms with van der Waals surface area (Å²) in [5.41, 5.74) is -0.118. The fraction of sp³-hybridized carbons (Fsp3) is 0.240. The predicted octanol–water partition coefficient (Wildman–Crippen LogP) is 4.78. The summed E-state index contributed by atoms with van der Waals surface area (Å²) in [5.74, 6) is -1.75. The Bertz CT molecular complexity index is 1540. The van der Waals surface area contributed by atoms with Crippen LogP contribution in [0.1, 0.15) is 45.7 Å². The number of hydrogen-bond donors (Lipinski definition) is 1. The van der Waals surface area contributed by atoms with E-state index in [-0.39, 0.29) is 0 Å². The third-order valence-electron chi connectivity index (χ3n) is 6.58. The molecule has 1 aromatic heterocycles. The van der Waals surface area contributed by atoms with Crippen LogP contribution in [0.2, 0.25) is 5.02 Å². The number of halogens is 4. The Balaban J connectivity index is 1.84. The van der Waals surface area contributed by atoms with Crippen LogP contribution in [-0.4, -0.2) is 39.5 Å². The third kappa shape index (κ3) is 4.01. The number of carbonyl (C=O) groups excluding carboxylic acids is 1. The minimum Gasteiger partial charge on any atom is -0.502 e. The fourth-order valence-electron chi connectivity index (χ4n) is 4.65. The van der Waals surface area contributed by atoms with Crippen LogP contribution >= 0.6 is 23.4 Å². The summed E-state index contributed by atoms with van der Waals surface area (Å²) in [6.45, 7) is 0.274. The zero-order valence-corrected chi connectivity index (χ0v) is 20.7. The molecule has 37 heavy (non-hydrogen) atoms. The van der Waals surface area contributed by atoms with Gasteiger partial charge in [0.25, 0.3) is 5.91 Å². The number of aromatic hydroxyl groups is 1. The molecule has 0 unspecified atom stereocenters. The van der Waals surface area contributed by atoms with Crippen molar-refractivity contribution < 1.29 is 23.1 Å². The second-order valence-corrected chi connectivity index (χ2v) is 10.1. The van der Waals surface area contributed by atoms with Crippen molar-refractivity contribution in [3.63, 3.8) is 0 Å². The van der Waals surface area contributed by atoms with Gasteiger partial charge in [-0.3, -0.25) is 19.3 Å². The Kier molecular flexibility index (Phi) is 6.12. The summed E-state index contributed by atoms with van der Waals surface area (Å²) < 4.78 is 42.7. The first kappa shape index (κ1) is 25.0. The molecule has 2 aliphatic rings. The topological polar surface area (TPSA) is 89.6 Å². The molecule has 3 aromatic rings. The average molecular weight is 547 g/mol. The average Bonchev–Trinajstić information content (AvgIpc) is 3.03. The molecule has 190 valence electrons. The molecule has 5 rings (SSSR count). The summed E-state index contributed by atoms with van der Waals surface area (Å²) in [4.78, 5) is 27.3. The highest BCUT2D eigenvalue weighted by Gasteiger charge is 2.48. The van der Waals surface area contributed by atoms with E-state index in [9.17, 15) is 33.1 Å². The highest BCUT2D eigenvalue weighted by atomic mass is 35.5. The summed E-state index contributed by atoms with van der Waals surface area (Å²) in [5, 5.41) is 22.0. The normalized spacial score (nSPS) is 17.8. The number of nitriles is 1. The molecule has 7 nitrogen and oxygen atoms in total. The van der Waals surface area contributed by atoms with Crippen LogP contribution in [0.4, 0.5) is 13.2 Å². The van der Waals surface area contributed by atoms with E-state index >= 15 is 0 Å². The summed E-state index contributed by atoms with van der Waals surface area (Å²) in [6.07, 6.45) is -3.71. The number of amides is 1. The second-order valence-electron chi connectivity index (χ2n) is 8.64. The van der Waals surface area contributed by atoms with Gasteiger partial charge >= 0.3 is 6.18 Å². The maximum atomic E-state index is 13.8. The van der Waals surface area contributed by atoms with Crippen LogP contribution in [0.5, 0.6) is 5.75 Å². The van der Waals surface area contributed by atoms with Gasteiger partial charge in [-0.15, -0.1) is 11.8 Å². The summed E-state index contributed by atoms with van der Waals surface area (Å²) in [7, 11) is 0. The Hall–Kier alpha value is -3.62. The van der Waals surface area contributed by atoms with Gasteiger partial charge in [0.05, 0.1) is 0 Å². The molecule has 1 N–H and O–H groups in total. The largest absolute Gasteiger partial charge is 0.502 e. The number of fused-ring (bicyclic) bond motifs is 3. The van der Waals surface area contributed by atoms with Gasteiger partial charge in [0, 0.05) is 27.4 Å². The maximum absolute atomic E-state index is 13.8. The van der Waals surface area contributed by atoms with Crippen LogP contribution in [0, 0.1) is 11.3 Å². The third-order valence-corrected chi connectivity index (χ3v) is 8.04. The molecule has 3 heterocycles. The Morgan fingerprint density at radius 3 is 2.62 bits per heavy atom. The van der Waals surface area contributed by atoms with Gasteiger partial charge in [0.2, 0.25) is 5.43 Å². The lowest BCUT2D eigenvalue weighted by molar-refractivity contribution is -0.173. The van der Waals surface area contributed by atoms with E-state index in [2.05, 4.69) is 0 Å². The molecule has 2 aliphatic heterocycles. The number of pyridine rings is 1. The number of rotatable bonds is 2. The highest BCUT2D eigenvalue weighted by Crippen LogP contribution is 2.45. The SMILES string of the molecule is C[C@@H](N1CN([C@@H]2c3ccccc3SCc3cccc(Cl)c32)n2cc(C#N)c(=O)c(O)c2C1=O)C(F)(F)F. The van der Waals surface area contributed by atoms with Crippen LogP contribution in [-0.2, 0) is 5.75 Å². The number of alkyl halides is 3. The zero-order chi connectivity index (χ0) is 26.6. The summed E-state index contributed by atoms with van der Waals surface area (Å²) >= 11 is 8.21. The van der Waals surface area contributed by atoms with E-state index in [1.165, 1.54) is 16.8 Å². The molecule has 0 aliphatic carbocycles. The smallest absolute Gasteiger partial charge is 0.408 e. The van der Waals surface area contributed by atoms with Crippen LogP contribution in [0.15, 0.2) is 58.4 Å². The van der Waals surface area contributed by atoms with E-state index in [0.717, 1.165) is 28.3 Å². The summed E-state index contributed by atoms with van der Waals surface area (Å²) in [6, 6.07) is 11.2. The zero-order valence-electron chi connectivity index (χ0n) is 19.2. The highest BCUT2D eigenvalue weighted by molar-refractivity contribution is 7.98. The van der Waals surface area contributed by atoms with Crippen LogP contribution < -0.4 is 10.4 Å². The van der Waals surface area contributed by atoms with Crippen molar-refractivity contribution in [3.8, 4) is 11.8 Å². The standard InChI is InChI=1S/C25H18ClF3N4O3S/c1-13(25(27,28)29)31-12-33(32-10-15(9-30)22(34)23(35)21(32)24(31)36)20-16-6-2-3-8-18(16)37-11-14-5-4-7-17(26)19(14)20/h2-8,10,13,20,35H,11-12H2,1H3/t13-,20-/m1/s1. The Morgan fingerprint density at radius 2 is 1.92 bits per heavy atom. The van der Waals surface area contributed by atoms with Crippen molar-refractivity contribution >= 4 is 29.3 Å². The Labute approximate surface area is 218 Å². The van der Waals surface area contributed by atoms with Gasteiger partial charge in [0.1, 0.15) is 30.4 Å². The van der Waals surface area contributed by atoms with Crippen molar-refractivity contribution in [2.45, 2.75) is 35.8 Å². The number of hydrogen-bond acceptors (Lipinski definition) is 6. The molecule has 2 atom stereocenters. The Morgan fingerprint density at radius 1 is 1.19 bits per heavy atom. The second kappa shape index (κ2) is 9.04. The molecule has 0 bridgehead atoms. The van der Waals surface area contributed by atoms with Gasteiger partial charge in [-0.25, -0.2) is 0 Å². The molecular formula is C25H18ClF3N4O3S. The van der Waals surface area contributed by atoms with Crippen molar-refractivity contribution in [1.29, 1.82) is 5.26 Å². The maximum Gasteiger partial charge on any atom is 0.408 e. The van der Waals surface area contributed by atoms with E-state index in [0.29, 0.717) is 26.8 Å². The molecule has 0 radical (unpaired) electrons. The predicted molar refractivity (Wildman–Crippen MR) is 131 cm³/mol. The lowest BCUT2D eigenvalue weighted by Gasteiger charge is -2.46. The van der Waals surface area contributed by atoms with Gasteiger partial charge < -0.3 is 10.0 Å². The van der Waals surface area contributed by atoms with Gasteiger partial charge in [0.15, 0.2) is 11.4 Å². The molecule has 2 aromatic carbocycles. The number of carbonyl (C=O) groups is 1. The molecule has 1 amide bonds.